The number of carbonyl (C=O) groups is 10. The molecule has 2 unspecified atom stereocenters. The number of carbonyl (C=O) groups excluding carboxylic acids is 9. The molecule has 0 radical (unpaired) electrons. The average Bonchev–Trinajstić information content (AvgIpc) is 0.768. The lowest BCUT2D eigenvalue weighted by atomic mass is 9.85. The molecule has 22 N–H and O–H groups in total. The minimum atomic E-state index is -2.43. The number of benzene rings is 6. The summed E-state index contributed by atoms with van der Waals surface area (Å²) in [5, 5.41) is 134. The van der Waals surface area contributed by atoms with Crippen LogP contribution in [0.15, 0.2) is 109 Å². The second kappa shape index (κ2) is 35.0. The van der Waals surface area contributed by atoms with Crippen LogP contribution in [0.3, 0.4) is 0 Å². The number of hydrogen-bond acceptors (Lipinski definition) is 27. The monoisotopic (exact) mass is 1620 g/mol. The van der Waals surface area contributed by atoms with Gasteiger partial charge in [-0.3, -0.25) is 38.4 Å². The van der Waals surface area contributed by atoms with Crippen molar-refractivity contribution < 1.29 is 132 Å². The standard InChI is InChI=1S/C75H82Cl2N10O27/c1-29(2)16-41(81-74(107)108-28-31-8-6-5-7-9-31)66(99)85-57-59(94)33-11-14-45(39(76)18-33)110-47-20-35-21-48(63(47)114-73-64(62(97)61(96)49(27-88)112-73)113-52-25-75(4,87-51(93)26-78)65(98)30(3)109-52)111-46-15-12-34(19-40(46)77)60(95)58-71(104)84-56(72(105)106)38-22-36(89)23-44(91)53(38)37-17-32(10-13-43(37)90)54(68(101)86-58)83-69(102)55(35)82-67(100)42(24-50(79)92)80-70(57)103/h5-15,17-23,29-30,41-42,49,52,54-62,64-65,73,88-91,94-98H,16,24-28,78H2,1-4H3,(H2,79,92)(H,80,103)(H,81,107)(H,82,100)(H,83,102)(H,84,104)(H,85,99)(H,86,101)(H,87,93)(H,105,106)/t30-,41-,42-,49+,52-,54?,55+,56-,57+,58-,59+,60+,61+,62-,64+,65+,73?,75-/m0/s1. The molecule has 608 valence electrons. The summed E-state index contributed by atoms with van der Waals surface area (Å²) < 4.78 is 44.0. The number of phenolic OH excluding ortho intramolecular Hbond substituents is 3. The fraction of sp³-hybridized carbons (Fsp3) is 0.387. The number of aromatic hydroxyl groups is 3. The molecule has 39 heteroatoms. The van der Waals surface area contributed by atoms with E-state index in [2.05, 4.69) is 42.5 Å². The van der Waals surface area contributed by atoms with Gasteiger partial charge in [-0.1, -0.05) is 85.6 Å². The first-order valence-corrected chi connectivity index (χ1v) is 36.3. The van der Waals surface area contributed by atoms with E-state index >= 15 is 19.2 Å². The number of alkyl carbamates (subject to hydrolysis) is 1. The first-order valence-electron chi connectivity index (χ1n) is 35.5. The normalized spacial score (nSPS) is 27.2. The lowest BCUT2D eigenvalue weighted by molar-refractivity contribution is -0.334. The van der Waals surface area contributed by atoms with Gasteiger partial charge in [-0.2, -0.15) is 0 Å². The summed E-state index contributed by atoms with van der Waals surface area (Å²) >= 11 is 14.2. The zero-order chi connectivity index (χ0) is 82.6. The Morgan fingerprint density at radius 1 is 0.693 bits per heavy atom. The van der Waals surface area contributed by atoms with Crippen LogP contribution in [0, 0.1) is 5.92 Å². The molecule has 6 aromatic rings. The summed E-state index contributed by atoms with van der Waals surface area (Å²) in [5.41, 5.74) is 7.26. The van der Waals surface area contributed by atoms with Gasteiger partial charge in [0.15, 0.2) is 29.9 Å². The summed E-state index contributed by atoms with van der Waals surface area (Å²) in [5.74, 6) is -18.1. The molecular formula is C75H82Cl2N10O27. The molecule has 0 saturated carbocycles. The maximum absolute atomic E-state index is 16.2. The number of rotatable bonds is 17. The minimum absolute atomic E-state index is 0.118. The van der Waals surface area contributed by atoms with Gasteiger partial charge in [0.2, 0.25) is 59.3 Å². The van der Waals surface area contributed by atoms with E-state index in [0.717, 1.165) is 78.9 Å². The molecule has 114 heavy (non-hydrogen) atoms. The second-order valence-corrected chi connectivity index (χ2v) is 29.1. The lowest BCUT2D eigenvalue weighted by Crippen LogP contribution is -2.66. The highest BCUT2D eigenvalue weighted by atomic mass is 35.5. The maximum atomic E-state index is 16.2. The van der Waals surface area contributed by atoms with E-state index in [1.807, 2.05) is 0 Å². The zero-order valence-electron chi connectivity index (χ0n) is 60.9. The van der Waals surface area contributed by atoms with E-state index in [1.165, 1.54) is 13.8 Å². The predicted molar refractivity (Wildman–Crippen MR) is 393 cm³/mol. The zero-order valence-corrected chi connectivity index (χ0v) is 62.4. The summed E-state index contributed by atoms with van der Waals surface area (Å²) in [6.45, 7) is 4.48. The Hall–Kier alpha value is -11.2. The summed E-state index contributed by atoms with van der Waals surface area (Å²) in [6.07, 6.45) is -21.4. The van der Waals surface area contributed by atoms with Gasteiger partial charge in [-0.15, -0.1) is 0 Å². The smallest absolute Gasteiger partial charge is 0.408 e. The van der Waals surface area contributed by atoms with Crippen molar-refractivity contribution in [2.75, 3.05) is 13.2 Å². The van der Waals surface area contributed by atoms with Crippen LogP contribution in [0.1, 0.15) is 111 Å². The molecule has 13 rings (SSSR count). The van der Waals surface area contributed by atoms with Gasteiger partial charge in [0.25, 0.3) is 0 Å². The third kappa shape index (κ3) is 18.5. The van der Waals surface area contributed by atoms with Gasteiger partial charge in [0.05, 0.1) is 41.3 Å². The number of carboxylic acids is 1. The van der Waals surface area contributed by atoms with Crippen molar-refractivity contribution >= 4 is 82.5 Å². The van der Waals surface area contributed by atoms with Crippen LogP contribution in [0.2, 0.25) is 10.0 Å². The molecule has 11 bridgehead atoms. The summed E-state index contributed by atoms with van der Waals surface area (Å²) in [4.78, 5) is 145. The number of nitrogens with one attached hydrogen (secondary N) is 8. The predicted octanol–water partition coefficient (Wildman–Crippen LogP) is 0.929. The van der Waals surface area contributed by atoms with Crippen LogP contribution >= 0.6 is 23.2 Å². The van der Waals surface area contributed by atoms with Crippen molar-refractivity contribution in [3.63, 3.8) is 0 Å². The number of fused-ring (bicyclic) bond motifs is 15. The van der Waals surface area contributed by atoms with Crippen LogP contribution in [0.5, 0.6) is 46.0 Å². The maximum Gasteiger partial charge on any atom is 0.408 e. The second-order valence-electron chi connectivity index (χ2n) is 28.3. The summed E-state index contributed by atoms with van der Waals surface area (Å²) in [6, 6.07) is 6.21. The number of primary amides is 1. The van der Waals surface area contributed by atoms with E-state index in [9.17, 15) is 79.8 Å². The number of aliphatic carboxylic acids is 1. The Balaban J connectivity index is 1.13. The Kier molecular flexibility index (Phi) is 25.7. The number of hydrogen-bond donors (Lipinski definition) is 20. The van der Waals surface area contributed by atoms with Gasteiger partial charge in [-0.25, -0.2) is 9.59 Å². The first-order chi connectivity index (χ1) is 54.0. The number of halogens is 2. The molecule has 2 fully saturated rings. The van der Waals surface area contributed by atoms with Gasteiger partial charge >= 0.3 is 12.1 Å². The number of aliphatic hydroxyl groups excluding tert-OH is 6. The van der Waals surface area contributed by atoms with Crippen molar-refractivity contribution in [3.05, 3.63) is 153 Å². The van der Waals surface area contributed by atoms with E-state index in [4.69, 9.17) is 67.8 Å². The number of nitrogens with two attached hydrogens (primary N) is 2. The lowest BCUT2D eigenvalue weighted by Gasteiger charge is -2.48. The van der Waals surface area contributed by atoms with Crippen LogP contribution in [0.25, 0.3) is 11.1 Å². The van der Waals surface area contributed by atoms with Crippen molar-refractivity contribution in [1.82, 2.24) is 42.5 Å². The van der Waals surface area contributed by atoms with E-state index in [-0.39, 0.29) is 30.1 Å². The van der Waals surface area contributed by atoms with Crippen molar-refractivity contribution in [3.8, 4) is 57.1 Å². The minimum Gasteiger partial charge on any atom is -0.508 e. The topological polar surface area (TPSA) is 586 Å². The fourth-order valence-corrected chi connectivity index (χ4v) is 14.2. The number of carboxylic acid groups (broad SMARTS) is 1. The quantitative estimate of drug-likeness (QED) is 0.0604. The molecule has 0 aromatic heterocycles. The van der Waals surface area contributed by atoms with Gasteiger partial charge in [0, 0.05) is 29.2 Å². The number of phenols is 3. The average molecular weight is 1630 g/mol. The van der Waals surface area contributed by atoms with Crippen molar-refractivity contribution in [1.29, 1.82) is 0 Å². The molecule has 7 aliphatic rings. The fourth-order valence-electron chi connectivity index (χ4n) is 13.7. The molecule has 6 aromatic carbocycles. The largest absolute Gasteiger partial charge is 0.508 e. The van der Waals surface area contributed by atoms with Crippen LogP contribution in [-0.2, 0) is 68.7 Å². The molecular weight excluding hydrogens is 1540 g/mol. The number of amides is 9. The Morgan fingerprint density at radius 2 is 1.32 bits per heavy atom. The number of ether oxygens (including phenoxy) is 7. The summed E-state index contributed by atoms with van der Waals surface area (Å²) in [7, 11) is 0. The SMILES string of the molecule is CC(C)C[C@H](NC(=O)OCc1ccccc1)C(=O)N[C@H]1C(=O)N[C@@H](CC(N)=O)C(=O)N[C@H]2C(=O)NC3C(=O)N[C@H](C(=O)N[C@H](C(=O)O)c4cc(O)cc(O)c4-c4cc3ccc4O)[C@H](O)c3ccc(c(Cl)c3)Oc3cc2cc(c3OC2O[C@H](CO)[C@@H](O)[C@H](O)[C@H]2O[C@H]2C[C@](C)(NC(=O)CN)[C@H](O)[C@H](C)O2)Oc2ccc(cc2Cl)[C@H]1O. The van der Waals surface area contributed by atoms with Crippen molar-refractivity contribution in [2.24, 2.45) is 17.4 Å². The van der Waals surface area contributed by atoms with E-state index in [0.29, 0.717) is 5.56 Å². The first kappa shape index (κ1) is 83.7. The highest BCUT2D eigenvalue weighted by Crippen LogP contribution is 2.50. The third-order valence-corrected chi connectivity index (χ3v) is 20.1. The molecule has 0 spiro atoms. The van der Waals surface area contributed by atoms with E-state index < -0.39 is 278 Å². The van der Waals surface area contributed by atoms with Gasteiger partial charge in [-0.05, 0) is 109 Å². The van der Waals surface area contributed by atoms with Gasteiger partial charge < -0.3 is 138 Å². The Bertz CT molecular complexity index is 4720. The third-order valence-electron chi connectivity index (χ3n) is 19.5. The molecule has 37 nitrogen and oxygen atoms in total. The van der Waals surface area contributed by atoms with Crippen LogP contribution in [0.4, 0.5) is 4.79 Å². The Labute approximate surface area is 657 Å². The highest BCUT2D eigenvalue weighted by Gasteiger charge is 2.53. The van der Waals surface area contributed by atoms with Crippen LogP contribution in [-0.4, -0.2) is 202 Å². The van der Waals surface area contributed by atoms with E-state index in [1.54, 1.807) is 44.2 Å². The van der Waals surface area contributed by atoms with Crippen LogP contribution < -0.4 is 68.2 Å². The molecule has 7 heterocycles. The van der Waals surface area contributed by atoms with Gasteiger partial charge in [0.1, 0.15) is 108 Å². The molecule has 18 atom stereocenters. The Morgan fingerprint density at radius 3 is 1.93 bits per heavy atom. The molecule has 0 aliphatic carbocycles. The molecule has 7 aliphatic heterocycles. The highest BCUT2D eigenvalue weighted by molar-refractivity contribution is 6.32. The molecule has 2 saturated heterocycles. The molecule has 9 amide bonds. The van der Waals surface area contributed by atoms with Crippen molar-refractivity contribution in [2.45, 2.75) is 163 Å². The number of aliphatic hydroxyl groups is 6.